The molecule has 1 unspecified atom stereocenters. The van der Waals surface area contributed by atoms with Crippen LogP contribution in [-0.4, -0.2) is 56.8 Å². The van der Waals surface area contributed by atoms with E-state index in [1.807, 2.05) is 29.2 Å². The van der Waals surface area contributed by atoms with Gasteiger partial charge in [-0.3, -0.25) is 4.99 Å². The van der Waals surface area contributed by atoms with Gasteiger partial charge < -0.3 is 25.6 Å². The fraction of sp³-hybridized carbons (Fsp3) is 0.619. The van der Waals surface area contributed by atoms with Crippen LogP contribution in [0.5, 0.6) is 0 Å². The van der Waals surface area contributed by atoms with Gasteiger partial charge in [0.1, 0.15) is 0 Å². The minimum absolute atomic E-state index is 0. The van der Waals surface area contributed by atoms with Crippen LogP contribution in [0, 0.1) is 5.41 Å². The lowest BCUT2D eigenvalue weighted by atomic mass is 9.89. The number of urea groups is 1. The predicted octanol–water partition coefficient (Wildman–Crippen LogP) is 3.66. The summed E-state index contributed by atoms with van der Waals surface area (Å²) >= 11 is 0. The SMILES string of the molecule is CN=C(NCc1cccc(NC(=O)N2CCCC2)c1)NCC(OC)C(C)(C)C.I. The van der Waals surface area contributed by atoms with E-state index in [1.54, 1.807) is 14.2 Å². The van der Waals surface area contributed by atoms with Crippen molar-refractivity contribution >= 4 is 41.7 Å². The Morgan fingerprint density at radius 3 is 2.52 bits per heavy atom. The molecule has 1 fully saturated rings. The maximum atomic E-state index is 12.3. The number of hydrogen-bond acceptors (Lipinski definition) is 3. The van der Waals surface area contributed by atoms with Gasteiger partial charge in [0, 0.05) is 46.0 Å². The van der Waals surface area contributed by atoms with E-state index in [1.165, 1.54) is 0 Å². The topological polar surface area (TPSA) is 78.0 Å². The van der Waals surface area contributed by atoms with Crippen LogP contribution in [0.15, 0.2) is 29.3 Å². The summed E-state index contributed by atoms with van der Waals surface area (Å²) in [5.74, 6) is 0.720. The number of hydrogen-bond donors (Lipinski definition) is 3. The van der Waals surface area contributed by atoms with Crippen LogP contribution < -0.4 is 16.0 Å². The average Bonchev–Trinajstić information content (AvgIpc) is 3.19. The van der Waals surface area contributed by atoms with Crippen molar-refractivity contribution in [1.82, 2.24) is 15.5 Å². The zero-order valence-corrected chi connectivity index (χ0v) is 20.6. The monoisotopic (exact) mass is 517 g/mol. The maximum Gasteiger partial charge on any atom is 0.321 e. The highest BCUT2D eigenvalue weighted by Gasteiger charge is 2.24. The molecule has 1 atom stereocenters. The highest BCUT2D eigenvalue weighted by atomic mass is 127. The Bertz CT molecular complexity index is 669. The zero-order valence-electron chi connectivity index (χ0n) is 18.2. The zero-order chi connectivity index (χ0) is 20.6. The third-order valence-electron chi connectivity index (χ3n) is 4.96. The molecule has 2 rings (SSSR count). The number of methoxy groups -OCH3 is 1. The van der Waals surface area contributed by atoms with Crippen molar-refractivity contribution in [3.63, 3.8) is 0 Å². The molecule has 3 N–H and O–H groups in total. The molecule has 7 nitrogen and oxygen atoms in total. The molecule has 1 aliphatic heterocycles. The molecular weight excluding hydrogens is 481 g/mol. The first-order valence-electron chi connectivity index (χ1n) is 9.95. The lowest BCUT2D eigenvalue weighted by molar-refractivity contribution is 0.0205. The molecule has 1 aliphatic rings. The molecule has 0 bridgehead atoms. The number of nitrogens with zero attached hydrogens (tertiary/aromatic N) is 2. The van der Waals surface area contributed by atoms with Gasteiger partial charge in [0.25, 0.3) is 0 Å². The first-order chi connectivity index (χ1) is 13.3. The fourth-order valence-corrected chi connectivity index (χ4v) is 3.22. The van der Waals surface area contributed by atoms with Crippen LogP contribution in [0.25, 0.3) is 0 Å². The predicted molar refractivity (Wildman–Crippen MR) is 130 cm³/mol. The van der Waals surface area contributed by atoms with Gasteiger partial charge in [-0.1, -0.05) is 32.9 Å². The summed E-state index contributed by atoms with van der Waals surface area (Å²) in [6.07, 6.45) is 2.25. The van der Waals surface area contributed by atoms with Gasteiger partial charge in [-0.15, -0.1) is 24.0 Å². The van der Waals surface area contributed by atoms with Gasteiger partial charge in [0.2, 0.25) is 0 Å². The highest BCUT2D eigenvalue weighted by Crippen LogP contribution is 2.21. The average molecular weight is 517 g/mol. The first kappa shape index (κ1) is 25.5. The van der Waals surface area contributed by atoms with Crippen molar-refractivity contribution in [2.75, 3.05) is 39.1 Å². The number of anilines is 1. The van der Waals surface area contributed by atoms with E-state index in [0.29, 0.717) is 13.1 Å². The molecule has 0 saturated carbocycles. The van der Waals surface area contributed by atoms with E-state index >= 15 is 0 Å². The normalized spacial score (nSPS) is 15.5. The van der Waals surface area contributed by atoms with E-state index in [2.05, 4.69) is 41.7 Å². The number of benzene rings is 1. The fourth-order valence-electron chi connectivity index (χ4n) is 3.22. The summed E-state index contributed by atoms with van der Waals surface area (Å²) < 4.78 is 5.58. The Balaban J connectivity index is 0.00000420. The molecule has 0 spiro atoms. The molecule has 164 valence electrons. The third kappa shape index (κ3) is 8.38. The number of carbonyl (C=O) groups is 1. The van der Waals surface area contributed by atoms with Crippen molar-refractivity contribution in [2.45, 2.75) is 46.3 Å². The van der Waals surface area contributed by atoms with Gasteiger partial charge >= 0.3 is 6.03 Å². The van der Waals surface area contributed by atoms with E-state index in [9.17, 15) is 4.79 Å². The summed E-state index contributed by atoms with van der Waals surface area (Å²) in [4.78, 5) is 18.4. The van der Waals surface area contributed by atoms with E-state index < -0.39 is 0 Å². The standard InChI is InChI=1S/C21H35N5O2.HI/c1-21(2,3)18(28-5)15-24-19(22-4)23-14-16-9-8-10-17(13-16)25-20(27)26-11-6-7-12-26;/h8-10,13,18H,6-7,11-12,14-15H2,1-5H3,(H,25,27)(H2,22,23,24);1H. The largest absolute Gasteiger partial charge is 0.379 e. The number of guanidine groups is 1. The lowest BCUT2D eigenvalue weighted by Crippen LogP contribution is -2.45. The number of halogens is 1. The quantitative estimate of drug-likeness (QED) is 0.306. The number of aliphatic imine (C=N–C) groups is 1. The molecular formula is C21H36IN5O2. The summed E-state index contributed by atoms with van der Waals surface area (Å²) in [5.41, 5.74) is 1.93. The van der Waals surface area contributed by atoms with Crippen molar-refractivity contribution < 1.29 is 9.53 Å². The van der Waals surface area contributed by atoms with Crippen LogP contribution in [0.2, 0.25) is 0 Å². The highest BCUT2D eigenvalue weighted by molar-refractivity contribution is 14.0. The second kappa shape index (κ2) is 12.2. The Morgan fingerprint density at radius 1 is 1.24 bits per heavy atom. The lowest BCUT2D eigenvalue weighted by Gasteiger charge is -2.30. The molecule has 1 saturated heterocycles. The molecule has 1 aromatic rings. The van der Waals surface area contributed by atoms with Crippen LogP contribution in [0.3, 0.4) is 0 Å². The molecule has 1 aromatic carbocycles. The first-order valence-corrected chi connectivity index (χ1v) is 9.95. The van der Waals surface area contributed by atoms with Crippen LogP contribution in [0.1, 0.15) is 39.2 Å². The minimum atomic E-state index is -0.0205. The Labute approximate surface area is 192 Å². The van der Waals surface area contributed by atoms with Gasteiger partial charge in [-0.25, -0.2) is 4.79 Å². The van der Waals surface area contributed by atoms with E-state index in [-0.39, 0.29) is 41.5 Å². The van der Waals surface area contributed by atoms with Crippen molar-refractivity contribution in [3.05, 3.63) is 29.8 Å². The summed E-state index contributed by atoms with van der Waals surface area (Å²) in [7, 11) is 3.48. The summed E-state index contributed by atoms with van der Waals surface area (Å²) in [6, 6.07) is 7.86. The molecule has 0 aliphatic carbocycles. The number of likely N-dealkylation sites (tertiary alicyclic amines) is 1. The van der Waals surface area contributed by atoms with Crippen LogP contribution in [0.4, 0.5) is 10.5 Å². The van der Waals surface area contributed by atoms with Crippen molar-refractivity contribution in [3.8, 4) is 0 Å². The summed E-state index contributed by atoms with van der Waals surface area (Å²) in [6.45, 7) is 9.42. The minimum Gasteiger partial charge on any atom is -0.379 e. The van der Waals surface area contributed by atoms with E-state index in [0.717, 1.165) is 43.1 Å². The molecule has 0 aromatic heterocycles. The Morgan fingerprint density at radius 2 is 1.93 bits per heavy atom. The smallest absolute Gasteiger partial charge is 0.321 e. The summed E-state index contributed by atoms with van der Waals surface area (Å²) in [5, 5.41) is 9.62. The van der Waals surface area contributed by atoms with Gasteiger partial charge in [0.15, 0.2) is 5.96 Å². The number of ether oxygens (including phenoxy) is 1. The second-order valence-corrected chi connectivity index (χ2v) is 8.22. The van der Waals surface area contributed by atoms with Gasteiger partial charge in [0.05, 0.1) is 6.10 Å². The number of carbonyl (C=O) groups excluding carboxylic acids is 1. The van der Waals surface area contributed by atoms with Crippen LogP contribution in [-0.2, 0) is 11.3 Å². The van der Waals surface area contributed by atoms with Gasteiger partial charge in [-0.05, 0) is 36.0 Å². The molecule has 29 heavy (non-hydrogen) atoms. The number of nitrogens with one attached hydrogen (secondary N) is 3. The number of amides is 2. The maximum absolute atomic E-state index is 12.3. The molecule has 2 amide bonds. The Hall–Kier alpha value is -1.55. The van der Waals surface area contributed by atoms with Crippen LogP contribution >= 0.6 is 24.0 Å². The number of rotatable bonds is 6. The van der Waals surface area contributed by atoms with Gasteiger partial charge in [-0.2, -0.15) is 0 Å². The van der Waals surface area contributed by atoms with E-state index in [4.69, 9.17) is 4.74 Å². The molecule has 8 heteroatoms. The Kier molecular flexibility index (Phi) is 10.7. The third-order valence-corrected chi connectivity index (χ3v) is 4.96. The molecule has 1 heterocycles. The molecule has 0 radical (unpaired) electrons. The van der Waals surface area contributed by atoms with Crippen molar-refractivity contribution in [2.24, 2.45) is 10.4 Å². The van der Waals surface area contributed by atoms with Crippen molar-refractivity contribution in [1.29, 1.82) is 0 Å². The second-order valence-electron chi connectivity index (χ2n) is 8.22.